The number of aliphatic carboxylic acids is 1. The third kappa shape index (κ3) is 1.54. The smallest absolute Gasteiger partial charge is 0.309 e. The van der Waals surface area contributed by atoms with Gasteiger partial charge in [0.1, 0.15) is 5.82 Å². The third-order valence-corrected chi connectivity index (χ3v) is 3.31. The molecule has 0 aromatic heterocycles. The van der Waals surface area contributed by atoms with Gasteiger partial charge in [-0.05, 0) is 37.6 Å². The highest BCUT2D eigenvalue weighted by Crippen LogP contribution is 2.43. The monoisotopic (exact) mass is 223 g/mol. The molecule has 0 saturated carbocycles. The Morgan fingerprint density at radius 2 is 2.25 bits per heavy atom. The molecule has 16 heavy (non-hydrogen) atoms. The first-order valence-corrected chi connectivity index (χ1v) is 5.19. The van der Waals surface area contributed by atoms with Gasteiger partial charge >= 0.3 is 5.97 Å². The molecule has 3 nitrogen and oxygen atoms in total. The van der Waals surface area contributed by atoms with E-state index in [1.165, 1.54) is 12.1 Å². The number of fused-ring (bicyclic) bond motifs is 1. The van der Waals surface area contributed by atoms with Crippen LogP contribution < -0.4 is 5.32 Å². The van der Waals surface area contributed by atoms with Gasteiger partial charge < -0.3 is 10.4 Å². The zero-order valence-corrected chi connectivity index (χ0v) is 9.25. The van der Waals surface area contributed by atoms with E-state index in [1.807, 2.05) is 0 Å². The normalized spacial score (nSPS) is 19.1. The van der Waals surface area contributed by atoms with Crippen LogP contribution in [0.5, 0.6) is 0 Å². The zero-order valence-electron chi connectivity index (χ0n) is 9.25. The van der Waals surface area contributed by atoms with Crippen LogP contribution in [0.15, 0.2) is 18.2 Å². The predicted octanol–water partition coefficient (Wildman–Crippen LogP) is 2.45. The Bertz CT molecular complexity index is 443. The number of hydrogen-bond donors (Lipinski definition) is 2. The molecule has 0 saturated heterocycles. The molecule has 1 heterocycles. The van der Waals surface area contributed by atoms with Gasteiger partial charge in [0.15, 0.2) is 0 Å². The van der Waals surface area contributed by atoms with E-state index >= 15 is 0 Å². The van der Waals surface area contributed by atoms with E-state index in [9.17, 15) is 14.3 Å². The van der Waals surface area contributed by atoms with Gasteiger partial charge in [0.05, 0.1) is 5.41 Å². The van der Waals surface area contributed by atoms with Gasteiger partial charge in [0.2, 0.25) is 0 Å². The van der Waals surface area contributed by atoms with E-state index in [1.54, 1.807) is 19.9 Å². The lowest BCUT2D eigenvalue weighted by Crippen LogP contribution is -2.32. The molecule has 1 atom stereocenters. The molecule has 0 amide bonds. The van der Waals surface area contributed by atoms with E-state index in [0.717, 1.165) is 11.3 Å². The second-order valence-corrected chi connectivity index (χ2v) is 4.69. The van der Waals surface area contributed by atoms with Crippen LogP contribution in [0.3, 0.4) is 0 Å². The number of nitrogens with one attached hydrogen (secondary N) is 1. The molecule has 1 aliphatic rings. The van der Waals surface area contributed by atoms with Gasteiger partial charge in [-0.15, -0.1) is 0 Å². The van der Waals surface area contributed by atoms with Gasteiger partial charge in [-0.1, -0.05) is 0 Å². The van der Waals surface area contributed by atoms with Crippen molar-refractivity contribution in [1.29, 1.82) is 0 Å². The first kappa shape index (κ1) is 10.9. The van der Waals surface area contributed by atoms with Crippen molar-refractivity contribution in [3.05, 3.63) is 29.6 Å². The molecule has 2 rings (SSSR count). The summed E-state index contributed by atoms with van der Waals surface area (Å²) in [5.74, 6) is -1.39. The molecule has 0 spiro atoms. The van der Waals surface area contributed by atoms with Crippen molar-refractivity contribution in [2.24, 2.45) is 5.41 Å². The summed E-state index contributed by atoms with van der Waals surface area (Å²) in [6.45, 7) is 3.88. The van der Waals surface area contributed by atoms with E-state index in [2.05, 4.69) is 5.32 Å². The number of benzene rings is 1. The fourth-order valence-corrected chi connectivity index (χ4v) is 2.10. The largest absolute Gasteiger partial charge is 0.481 e. The van der Waals surface area contributed by atoms with Crippen molar-refractivity contribution >= 4 is 11.7 Å². The summed E-state index contributed by atoms with van der Waals surface area (Å²) in [5.41, 5.74) is 0.694. The van der Waals surface area contributed by atoms with Crippen molar-refractivity contribution in [1.82, 2.24) is 0 Å². The van der Waals surface area contributed by atoms with Crippen LogP contribution in [0.4, 0.5) is 10.1 Å². The first-order valence-electron chi connectivity index (χ1n) is 5.19. The first-order chi connectivity index (χ1) is 7.43. The molecule has 1 unspecified atom stereocenters. The molecule has 0 aliphatic carbocycles. The summed E-state index contributed by atoms with van der Waals surface area (Å²) in [6, 6.07) is 4.45. The van der Waals surface area contributed by atoms with Crippen molar-refractivity contribution < 1.29 is 14.3 Å². The number of halogens is 1. The third-order valence-electron chi connectivity index (χ3n) is 3.31. The molecule has 0 fully saturated rings. The number of carbonyl (C=O) groups is 1. The molecule has 86 valence electrons. The second-order valence-electron chi connectivity index (χ2n) is 4.69. The summed E-state index contributed by atoms with van der Waals surface area (Å²) in [5, 5.41) is 12.3. The number of rotatable bonds is 2. The van der Waals surface area contributed by atoms with Crippen molar-refractivity contribution in [2.75, 3.05) is 11.9 Å². The van der Waals surface area contributed by atoms with Crippen LogP contribution in [0, 0.1) is 11.2 Å². The van der Waals surface area contributed by atoms with Gasteiger partial charge in [-0.25, -0.2) is 4.39 Å². The highest BCUT2D eigenvalue weighted by Gasteiger charge is 2.41. The summed E-state index contributed by atoms with van der Waals surface area (Å²) < 4.78 is 13.1. The van der Waals surface area contributed by atoms with Crippen LogP contribution >= 0.6 is 0 Å². The average Bonchev–Trinajstić information content (AvgIpc) is 2.60. The summed E-state index contributed by atoms with van der Waals surface area (Å²) in [7, 11) is 0. The Hall–Kier alpha value is -1.58. The molecular weight excluding hydrogens is 209 g/mol. The molecule has 4 heteroatoms. The molecule has 1 aromatic rings. The van der Waals surface area contributed by atoms with Crippen molar-refractivity contribution in [2.45, 2.75) is 19.8 Å². The Balaban J connectivity index is 2.43. The summed E-state index contributed by atoms with van der Waals surface area (Å²) in [4.78, 5) is 11.2. The molecule has 2 N–H and O–H groups in total. The van der Waals surface area contributed by atoms with Crippen molar-refractivity contribution in [3.63, 3.8) is 0 Å². The van der Waals surface area contributed by atoms with Crippen molar-refractivity contribution in [3.8, 4) is 0 Å². The lowest BCUT2D eigenvalue weighted by molar-refractivity contribution is -0.148. The molecule has 1 aliphatic heterocycles. The summed E-state index contributed by atoms with van der Waals surface area (Å²) >= 11 is 0. The van der Waals surface area contributed by atoms with Crippen LogP contribution in [-0.2, 0) is 4.79 Å². The number of hydrogen-bond acceptors (Lipinski definition) is 2. The minimum atomic E-state index is -0.897. The number of carboxylic acids is 1. The van der Waals surface area contributed by atoms with Crippen LogP contribution in [0.1, 0.15) is 25.3 Å². The zero-order chi connectivity index (χ0) is 11.9. The minimum absolute atomic E-state index is 0.198. The Morgan fingerprint density at radius 1 is 1.56 bits per heavy atom. The standard InChI is InChI=1S/C12H14FNO2/c1-12(2,11(15)16)9-6-14-10-4-3-7(13)5-8(9)10/h3-5,9,14H,6H2,1-2H3,(H,15,16). The van der Waals surface area contributed by atoms with E-state index in [-0.39, 0.29) is 11.7 Å². The Morgan fingerprint density at radius 3 is 2.88 bits per heavy atom. The second kappa shape index (κ2) is 3.47. The minimum Gasteiger partial charge on any atom is -0.481 e. The van der Waals surface area contributed by atoms with E-state index in [0.29, 0.717) is 6.54 Å². The lowest BCUT2D eigenvalue weighted by atomic mass is 9.76. The SMILES string of the molecule is CC(C)(C(=O)O)C1CNc2ccc(F)cc21. The van der Waals surface area contributed by atoms with E-state index in [4.69, 9.17) is 0 Å². The maximum Gasteiger partial charge on any atom is 0.309 e. The maximum atomic E-state index is 13.1. The fraction of sp³-hybridized carbons (Fsp3) is 0.417. The maximum absolute atomic E-state index is 13.1. The van der Waals surface area contributed by atoms with Gasteiger partial charge in [-0.3, -0.25) is 4.79 Å². The topological polar surface area (TPSA) is 49.3 Å². The Labute approximate surface area is 93.3 Å². The quantitative estimate of drug-likeness (QED) is 0.809. The number of anilines is 1. The number of carboxylic acid groups (broad SMARTS) is 1. The van der Waals surface area contributed by atoms with Gasteiger partial charge in [0.25, 0.3) is 0 Å². The van der Waals surface area contributed by atoms with Gasteiger partial charge in [0, 0.05) is 18.2 Å². The molecular formula is C12H14FNO2. The lowest BCUT2D eigenvalue weighted by Gasteiger charge is -2.26. The molecule has 1 aromatic carbocycles. The van der Waals surface area contributed by atoms with Crippen LogP contribution in [-0.4, -0.2) is 17.6 Å². The average molecular weight is 223 g/mol. The highest BCUT2D eigenvalue weighted by molar-refractivity contribution is 5.77. The molecule has 0 bridgehead atoms. The van der Waals surface area contributed by atoms with Crippen LogP contribution in [0.25, 0.3) is 0 Å². The Kier molecular flexibility index (Phi) is 2.37. The predicted molar refractivity (Wildman–Crippen MR) is 59.0 cm³/mol. The van der Waals surface area contributed by atoms with E-state index < -0.39 is 11.4 Å². The fourth-order valence-electron chi connectivity index (χ4n) is 2.10. The summed E-state index contributed by atoms with van der Waals surface area (Å²) in [6.07, 6.45) is 0. The van der Waals surface area contributed by atoms with Crippen LogP contribution in [0.2, 0.25) is 0 Å². The van der Waals surface area contributed by atoms with Gasteiger partial charge in [-0.2, -0.15) is 0 Å². The highest BCUT2D eigenvalue weighted by atomic mass is 19.1. The molecule has 0 radical (unpaired) electrons.